The van der Waals surface area contributed by atoms with Crippen LogP contribution in [0.4, 0.5) is 5.69 Å². The van der Waals surface area contributed by atoms with E-state index < -0.39 is 5.91 Å². The largest absolute Gasteiger partial charge is 0.455 e. The molecule has 0 aliphatic carbocycles. The van der Waals surface area contributed by atoms with Gasteiger partial charge >= 0.3 is 0 Å². The lowest BCUT2D eigenvalue weighted by Crippen LogP contribution is -2.29. The van der Waals surface area contributed by atoms with Gasteiger partial charge in [-0.25, -0.2) is 4.98 Å². The summed E-state index contributed by atoms with van der Waals surface area (Å²) in [6.45, 7) is 3.44. The maximum atomic E-state index is 12.9. The zero-order valence-corrected chi connectivity index (χ0v) is 17.9. The molecule has 3 aromatic rings. The lowest BCUT2D eigenvalue weighted by molar-refractivity contribution is 0.0787. The van der Waals surface area contributed by atoms with E-state index in [4.69, 9.17) is 16.3 Å². The Morgan fingerprint density at radius 2 is 1.71 bits per heavy atom. The van der Waals surface area contributed by atoms with Gasteiger partial charge in [0.1, 0.15) is 17.1 Å². The normalized spacial score (nSPS) is 13.2. The molecule has 1 N–H and O–H groups in total. The van der Waals surface area contributed by atoms with E-state index in [1.54, 1.807) is 41.3 Å². The van der Waals surface area contributed by atoms with Crippen molar-refractivity contribution in [1.29, 1.82) is 0 Å². The second-order valence-electron chi connectivity index (χ2n) is 7.42. The zero-order valence-electron chi connectivity index (χ0n) is 17.1. The number of amides is 2. The molecule has 0 atom stereocenters. The maximum Gasteiger partial charge on any atom is 0.274 e. The number of hydrogen-bond donors (Lipinski definition) is 1. The van der Waals surface area contributed by atoms with Gasteiger partial charge in [0.25, 0.3) is 11.8 Å². The molecular formula is C24H22ClN3O3. The minimum absolute atomic E-state index is 0.145. The number of aromatic nitrogens is 1. The third kappa shape index (κ3) is 5.03. The molecule has 2 aromatic carbocycles. The van der Waals surface area contributed by atoms with Gasteiger partial charge in [-0.05, 0) is 62.2 Å². The Labute approximate surface area is 185 Å². The number of aryl methyl sites for hydroxylation is 1. The molecule has 1 saturated heterocycles. The molecule has 0 unspecified atom stereocenters. The van der Waals surface area contributed by atoms with E-state index in [2.05, 4.69) is 10.3 Å². The van der Waals surface area contributed by atoms with Gasteiger partial charge in [-0.1, -0.05) is 35.4 Å². The first-order chi connectivity index (χ1) is 15.0. The summed E-state index contributed by atoms with van der Waals surface area (Å²) in [5.41, 5.74) is 1.94. The quantitative estimate of drug-likeness (QED) is 0.588. The fourth-order valence-electron chi connectivity index (χ4n) is 3.37. The zero-order chi connectivity index (χ0) is 21.8. The van der Waals surface area contributed by atoms with Crippen molar-refractivity contribution < 1.29 is 14.3 Å². The lowest BCUT2D eigenvalue weighted by Gasteiger charge is -2.15. The minimum Gasteiger partial charge on any atom is -0.455 e. The number of carbonyl (C=O) groups excluding carboxylic acids is 2. The number of nitrogens with one attached hydrogen (secondary N) is 1. The van der Waals surface area contributed by atoms with Crippen molar-refractivity contribution in [2.75, 3.05) is 18.4 Å². The fourth-order valence-corrected chi connectivity index (χ4v) is 3.54. The highest BCUT2D eigenvalue weighted by Crippen LogP contribution is 2.32. The fraction of sp³-hybridized carbons (Fsp3) is 0.208. The number of nitrogens with zero attached hydrogens (tertiary/aromatic N) is 2. The molecule has 0 radical (unpaired) electrons. The van der Waals surface area contributed by atoms with E-state index in [9.17, 15) is 9.59 Å². The number of halogens is 1. The summed E-state index contributed by atoms with van der Waals surface area (Å²) in [6.07, 6.45) is 1.98. The highest BCUT2D eigenvalue weighted by atomic mass is 35.5. The van der Waals surface area contributed by atoms with Gasteiger partial charge in [0.15, 0.2) is 5.75 Å². The molecule has 2 amide bonds. The van der Waals surface area contributed by atoms with Crippen LogP contribution in [0, 0.1) is 6.92 Å². The summed E-state index contributed by atoms with van der Waals surface area (Å²) >= 11 is 6.14. The number of anilines is 1. The highest BCUT2D eigenvalue weighted by molar-refractivity contribution is 6.31. The number of hydrogen-bond acceptors (Lipinski definition) is 4. The predicted octanol–water partition coefficient (Wildman–Crippen LogP) is 5.32. The van der Waals surface area contributed by atoms with Gasteiger partial charge in [0.2, 0.25) is 0 Å². The van der Waals surface area contributed by atoms with Crippen LogP contribution in [0.15, 0.2) is 60.7 Å². The molecule has 1 aliphatic rings. The summed E-state index contributed by atoms with van der Waals surface area (Å²) < 4.78 is 5.93. The van der Waals surface area contributed by atoms with Gasteiger partial charge in [-0.2, -0.15) is 0 Å². The Kier molecular flexibility index (Phi) is 6.18. The van der Waals surface area contributed by atoms with Crippen LogP contribution in [-0.2, 0) is 0 Å². The predicted molar refractivity (Wildman–Crippen MR) is 120 cm³/mol. The Hall–Kier alpha value is -3.38. The molecule has 6 nitrogen and oxygen atoms in total. The van der Waals surface area contributed by atoms with Crippen LogP contribution < -0.4 is 10.1 Å². The average molecular weight is 436 g/mol. The molecule has 0 saturated carbocycles. The minimum atomic E-state index is -0.452. The summed E-state index contributed by atoms with van der Waals surface area (Å²) in [7, 11) is 0. The van der Waals surface area contributed by atoms with Gasteiger partial charge in [-0.15, -0.1) is 0 Å². The first-order valence-electron chi connectivity index (χ1n) is 10.1. The van der Waals surface area contributed by atoms with E-state index in [1.165, 1.54) is 0 Å². The maximum absolute atomic E-state index is 12.9. The molecule has 31 heavy (non-hydrogen) atoms. The summed E-state index contributed by atoms with van der Waals surface area (Å²) in [6, 6.07) is 17.4. The number of pyridine rings is 1. The third-order valence-corrected chi connectivity index (χ3v) is 5.27. The second-order valence-corrected chi connectivity index (χ2v) is 7.85. The van der Waals surface area contributed by atoms with E-state index in [1.807, 2.05) is 31.2 Å². The SMILES string of the molecule is Cc1ccc(Oc2ccc(Cl)cc2NC(=O)c2cccc(C(=O)N3CCCC3)n2)cc1. The van der Waals surface area contributed by atoms with Crippen molar-refractivity contribution in [3.05, 3.63) is 82.6 Å². The van der Waals surface area contributed by atoms with Crippen LogP contribution in [0.25, 0.3) is 0 Å². The van der Waals surface area contributed by atoms with Crippen LogP contribution in [0.1, 0.15) is 39.4 Å². The Balaban J connectivity index is 1.54. The Morgan fingerprint density at radius 3 is 2.45 bits per heavy atom. The van der Waals surface area contributed by atoms with Gasteiger partial charge < -0.3 is 15.0 Å². The van der Waals surface area contributed by atoms with Crippen molar-refractivity contribution in [3.63, 3.8) is 0 Å². The molecule has 1 fully saturated rings. The second kappa shape index (κ2) is 9.18. The smallest absolute Gasteiger partial charge is 0.274 e. The van der Waals surface area contributed by atoms with Crippen molar-refractivity contribution in [2.45, 2.75) is 19.8 Å². The van der Waals surface area contributed by atoms with Crippen LogP contribution in [0.3, 0.4) is 0 Å². The number of rotatable bonds is 5. The van der Waals surface area contributed by atoms with Gasteiger partial charge in [-0.3, -0.25) is 9.59 Å². The molecule has 0 spiro atoms. The monoisotopic (exact) mass is 435 g/mol. The van der Waals surface area contributed by atoms with Crippen molar-refractivity contribution in [3.8, 4) is 11.5 Å². The Bertz CT molecular complexity index is 1110. The van der Waals surface area contributed by atoms with Gasteiger partial charge in [0, 0.05) is 18.1 Å². The topological polar surface area (TPSA) is 71.5 Å². The van der Waals surface area contributed by atoms with Crippen molar-refractivity contribution in [2.24, 2.45) is 0 Å². The molecule has 1 aromatic heterocycles. The molecule has 1 aliphatic heterocycles. The van der Waals surface area contributed by atoms with Crippen LogP contribution in [-0.4, -0.2) is 34.8 Å². The Morgan fingerprint density at radius 1 is 1.00 bits per heavy atom. The van der Waals surface area contributed by atoms with Crippen LogP contribution in [0.2, 0.25) is 5.02 Å². The van der Waals surface area contributed by atoms with Crippen LogP contribution in [0.5, 0.6) is 11.5 Å². The standard InChI is InChI=1S/C24H22ClN3O3/c1-16-7-10-18(11-8-16)31-22-12-9-17(25)15-21(22)27-23(29)19-5-4-6-20(26-19)24(30)28-13-2-3-14-28/h4-12,15H,2-3,13-14H2,1H3,(H,27,29). The van der Waals surface area contributed by atoms with Crippen molar-refractivity contribution >= 4 is 29.1 Å². The number of likely N-dealkylation sites (tertiary alicyclic amines) is 1. The molecule has 7 heteroatoms. The molecule has 4 rings (SSSR count). The lowest BCUT2D eigenvalue weighted by atomic mass is 10.2. The van der Waals surface area contributed by atoms with Gasteiger partial charge in [0.05, 0.1) is 5.69 Å². The van der Waals surface area contributed by atoms with E-state index >= 15 is 0 Å². The van der Waals surface area contributed by atoms with Crippen molar-refractivity contribution in [1.82, 2.24) is 9.88 Å². The molecule has 158 valence electrons. The first-order valence-corrected chi connectivity index (χ1v) is 10.5. The summed E-state index contributed by atoms with van der Waals surface area (Å²) in [5, 5.41) is 3.26. The van der Waals surface area contributed by atoms with E-state index in [-0.39, 0.29) is 17.3 Å². The van der Waals surface area contributed by atoms with E-state index in [0.29, 0.717) is 22.2 Å². The number of ether oxygens (including phenoxy) is 1. The highest BCUT2D eigenvalue weighted by Gasteiger charge is 2.22. The van der Waals surface area contributed by atoms with E-state index in [0.717, 1.165) is 31.5 Å². The molecule has 2 heterocycles. The molecule has 0 bridgehead atoms. The average Bonchev–Trinajstić information content (AvgIpc) is 3.31. The molecular weight excluding hydrogens is 414 g/mol. The number of carbonyl (C=O) groups is 2. The summed E-state index contributed by atoms with van der Waals surface area (Å²) in [5.74, 6) is 0.482. The summed E-state index contributed by atoms with van der Waals surface area (Å²) in [4.78, 5) is 31.5. The third-order valence-electron chi connectivity index (χ3n) is 5.03. The number of benzene rings is 2. The van der Waals surface area contributed by atoms with Crippen LogP contribution >= 0.6 is 11.6 Å². The first kappa shape index (κ1) is 20.9.